The number of thiazole rings is 1. The van der Waals surface area contributed by atoms with Crippen LogP contribution < -0.4 is 4.87 Å². The summed E-state index contributed by atoms with van der Waals surface area (Å²) in [6.45, 7) is 1.97. The molecule has 0 saturated heterocycles. The molecule has 0 radical (unpaired) electrons. The van der Waals surface area contributed by atoms with Crippen LogP contribution in [0.5, 0.6) is 0 Å². The zero-order valence-corrected chi connectivity index (χ0v) is 8.39. The third-order valence-corrected chi connectivity index (χ3v) is 2.50. The summed E-state index contributed by atoms with van der Waals surface area (Å²) in [7, 11) is 1.46. The van der Waals surface area contributed by atoms with Crippen LogP contribution in [-0.4, -0.2) is 24.1 Å². The SMILES string of the molecule is COCC(=O)Cn1c(C)csc1=O. The van der Waals surface area contributed by atoms with Crippen LogP contribution in [0, 0.1) is 6.92 Å². The number of nitrogens with zero attached hydrogens (tertiary/aromatic N) is 1. The van der Waals surface area contributed by atoms with E-state index < -0.39 is 0 Å². The molecule has 1 heterocycles. The van der Waals surface area contributed by atoms with Crippen LogP contribution in [0.4, 0.5) is 0 Å². The molecule has 0 N–H and O–H groups in total. The van der Waals surface area contributed by atoms with E-state index in [1.165, 1.54) is 11.7 Å². The zero-order chi connectivity index (χ0) is 9.84. The minimum absolute atomic E-state index is 0.0573. The van der Waals surface area contributed by atoms with Crippen molar-refractivity contribution in [2.75, 3.05) is 13.7 Å². The molecule has 1 rings (SSSR count). The summed E-state index contributed by atoms with van der Waals surface area (Å²) in [6, 6.07) is 0. The summed E-state index contributed by atoms with van der Waals surface area (Å²) in [4.78, 5) is 22.2. The van der Waals surface area contributed by atoms with Gasteiger partial charge in [-0.25, -0.2) is 0 Å². The lowest BCUT2D eigenvalue weighted by atomic mass is 10.4. The Balaban J connectivity index is 2.74. The van der Waals surface area contributed by atoms with Gasteiger partial charge in [-0.2, -0.15) is 0 Å². The van der Waals surface area contributed by atoms with E-state index in [9.17, 15) is 9.59 Å². The largest absolute Gasteiger partial charge is 0.377 e. The molecular weight excluding hydrogens is 190 g/mol. The molecule has 1 aromatic rings. The molecule has 0 spiro atoms. The van der Waals surface area contributed by atoms with Gasteiger partial charge in [-0.1, -0.05) is 11.3 Å². The molecule has 0 amide bonds. The highest BCUT2D eigenvalue weighted by molar-refractivity contribution is 7.07. The van der Waals surface area contributed by atoms with Gasteiger partial charge >= 0.3 is 4.87 Å². The molecule has 0 aliphatic carbocycles. The number of hydrogen-bond acceptors (Lipinski definition) is 4. The average molecular weight is 201 g/mol. The van der Waals surface area contributed by atoms with Crippen LogP contribution in [0.1, 0.15) is 5.69 Å². The Morgan fingerprint density at radius 2 is 2.38 bits per heavy atom. The first-order chi connectivity index (χ1) is 6.15. The Morgan fingerprint density at radius 3 is 2.85 bits per heavy atom. The van der Waals surface area contributed by atoms with E-state index in [0.717, 1.165) is 17.0 Å². The molecule has 0 aromatic carbocycles. The normalized spacial score (nSPS) is 10.3. The number of aromatic nitrogens is 1. The highest BCUT2D eigenvalue weighted by Gasteiger charge is 2.07. The molecule has 0 aliphatic heterocycles. The number of hydrogen-bond donors (Lipinski definition) is 0. The molecule has 0 unspecified atom stereocenters. The van der Waals surface area contributed by atoms with Gasteiger partial charge in [-0.3, -0.25) is 14.2 Å². The van der Waals surface area contributed by atoms with Crippen LogP contribution in [0.25, 0.3) is 0 Å². The lowest BCUT2D eigenvalue weighted by Gasteiger charge is -2.01. The van der Waals surface area contributed by atoms with Crippen LogP contribution in [0.2, 0.25) is 0 Å². The smallest absolute Gasteiger partial charge is 0.307 e. The van der Waals surface area contributed by atoms with Gasteiger partial charge < -0.3 is 4.74 Å². The van der Waals surface area contributed by atoms with Gasteiger partial charge in [-0.05, 0) is 6.92 Å². The van der Waals surface area contributed by atoms with E-state index in [1.807, 2.05) is 0 Å². The van der Waals surface area contributed by atoms with Crippen molar-refractivity contribution in [1.82, 2.24) is 4.57 Å². The first-order valence-electron chi connectivity index (χ1n) is 3.80. The first-order valence-corrected chi connectivity index (χ1v) is 4.68. The monoisotopic (exact) mass is 201 g/mol. The van der Waals surface area contributed by atoms with Crippen LogP contribution in [0.15, 0.2) is 10.2 Å². The summed E-state index contributed by atoms with van der Waals surface area (Å²) >= 11 is 1.11. The minimum atomic E-state index is -0.0954. The maximum Gasteiger partial charge on any atom is 0.307 e. The van der Waals surface area contributed by atoms with Crippen molar-refractivity contribution in [3.05, 3.63) is 20.7 Å². The number of rotatable bonds is 4. The van der Waals surface area contributed by atoms with Gasteiger partial charge in [0.15, 0.2) is 5.78 Å². The molecule has 4 nitrogen and oxygen atoms in total. The maximum atomic E-state index is 11.2. The fourth-order valence-electron chi connectivity index (χ4n) is 0.979. The summed E-state index contributed by atoms with van der Waals surface area (Å²) < 4.78 is 6.12. The molecule has 0 bridgehead atoms. The van der Waals surface area contributed by atoms with E-state index >= 15 is 0 Å². The minimum Gasteiger partial charge on any atom is -0.377 e. The first kappa shape index (κ1) is 10.1. The average Bonchev–Trinajstić information content (AvgIpc) is 2.36. The van der Waals surface area contributed by atoms with Crippen molar-refractivity contribution in [1.29, 1.82) is 0 Å². The number of ketones is 1. The van der Waals surface area contributed by atoms with Gasteiger partial charge in [0.2, 0.25) is 0 Å². The van der Waals surface area contributed by atoms with Crippen LogP contribution in [-0.2, 0) is 16.1 Å². The molecule has 72 valence electrons. The molecule has 0 saturated carbocycles. The van der Waals surface area contributed by atoms with Gasteiger partial charge in [0.25, 0.3) is 0 Å². The summed E-state index contributed by atoms with van der Waals surface area (Å²) in [5.41, 5.74) is 0.819. The third kappa shape index (κ3) is 2.50. The molecule has 13 heavy (non-hydrogen) atoms. The van der Waals surface area contributed by atoms with Gasteiger partial charge in [-0.15, -0.1) is 0 Å². The quantitative estimate of drug-likeness (QED) is 0.710. The second-order valence-electron chi connectivity index (χ2n) is 2.70. The number of Topliss-reactive ketones (excluding diaryl/α,β-unsaturated/α-hetero) is 1. The maximum absolute atomic E-state index is 11.2. The Morgan fingerprint density at radius 1 is 1.69 bits per heavy atom. The van der Waals surface area contributed by atoms with E-state index in [4.69, 9.17) is 0 Å². The highest BCUT2D eigenvalue weighted by atomic mass is 32.1. The Hall–Kier alpha value is -0.940. The topological polar surface area (TPSA) is 48.3 Å². The van der Waals surface area contributed by atoms with Crippen LogP contribution in [0.3, 0.4) is 0 Å². The number of methoxy groups -OCH3 is 1. The van der Waals surface area contributed by atoms with Crippen molar-refractivity contribution in [3.63, 3.8) is 0 Å². The zero-order valence-electron chi connectivity index (χ0n) is 7.57. The summed E-state index contributed by atoms with van der Waals surface area (Å²) in [6.07, 6.45) is 0. The van der Waals surface area contributed by atoms with E-state index in [2.05, 4.69) is 4.74 Å². The number of carbonyl (C=O) groups is 1. The fraction of sp³-hybridized carbons (Fsp3) is 0.500. The van der Waals surface area contributed by atoms with Crippen molar-refractivity contribution in [3.8, 4) is 0 Å². The molecule has 0 atom stereocenters. The number of ether oxygens (including phenoxy) is 1. The third-order valence-electron chi connectivity index (χ3n) is 1.62. The summed E-state index contributed by atoms with van der Waals surface area (Å²) in [5, 5.41) is 1.74. The Labute approximate surface area is 79.8 Å². The standard InChI is InChI=1S/C8H11NO3S/c1-6-5-13-8(11)9(6)3-7(10)4-12-2/h5H,3-4H2,1-2H3. The Bertz CT molecular complexity index is 353. The molecule has 0 fully saturated rings. The molecule has 0 aliphatic rings. The lowest BCUT2D eigenvalue weighted by molar-refractivity contribution is -0.123. The molecular formula is C8H11NO3S. The van der Waals surface area contributed by atoms with Crippen molar-refractivity contribution in [2.45, 2.75) is 13.5 Å². The van der Waals surface area contributed by atoms with Gasteiger partial charge in [0.05, 0.1) is 6.54 Å². The predicted molar refractivity (Wildman–Crippen MR) is 50.2 cm³/mol. The van der Waals surface area contributed by atoms with E-state index in [0.29, 0.717) is 0 Å². The van der Waals surface area contributed by atoms with Crippen molar-refractivity contribution >= 4 is 17.1 Å². The van der Waals surface area contributed by atoms with Crippen molar-refractivity contribution in [2.24, 2.45) is 0 Å². The predicted octanol–water partition coefficient (Wildman–Crippen LogP) is 0.434. The molecule has 1 aromatic heterocycles. The lowest BCUT2D eigenvalue weighted by Crippen LogP contribution is -2.22. The number of aryl methyl sites for hydroxylation is 1. The highest BCUT2D eigenvalue weighted by Crippen LogP contribution is 1.99. The summed E-state index contributed by atoms with van der Waals surface area (Å²) in [5.74, 6) is -0.0916. The second kappa shape index (κ2) is 4.34. The second-order valence-corrected chi connectivity index (χ2v) is 3.52. The van der Waals surface area contributed by atoms with E-state index in [-0.39, 0.29) is 23.8 Å². The number of carbonyl (C=O) groups excluding carboxylic acids is 1. The van der Waals surface area contributed by atoms with Gasteiger partial charge in [0.1, 0.15) is 6.61 Å². The van der Waals surface area contributed by atoms with Crippen LogP contribution >= 0.6 is 11.3 Å². The Kier molecular flexibility index (Phi) is 3.39. The van der Waals surface area contributed by atoms with Gasteiger partial charge in [0, 0.05) is 18.2 Å². The molecule has 5 heteroatoms. The van der Waals surface area contributed by atoms with E-state index in [1.54, 1.807) is 12.3 Å². The van der Waals surface area contributed by atoms with Crippen molar-refractivity contribution < 1.29 is 9.53 Å². The fourth-order valence-corrected chi connectivity index (χ4v) is 1.71.